The molecule has 0 aliphatic rings. The third-order valence-corrected chi connectivity index (χ3v) is 3.30. The molecule has 0 fully saturated rings. The van der Waals surface area contributed by atoms with Crippen LogP contribution in [0.4, 0.5) is 0 Å². The summed E-state index contributed by atoms with van der Waals surface area (Å²) in [6.45, 7) is 1.39. The van der Waals surface area contributed by atoms with Gasteiger partial charge in [0.25, 0.3) is 0 Å². The lowest BCUT2D eigenvalue weighted by atomic mass is 10.0. The number of Topliss-reactive ketones (excluding diaryl/α,β-unsaturated/α-hetero) is 1. The van der Waals surface area contributed by atoms with Crippen LogP contribution >= 0.6 is 0 Å². The van der Waals surface area contributed by atoms with E-state index in [4.69, 9.17) is 4.74 Å². The molecule has 3 nitrogen and oxygen atoms in total. The van der Waals surface area contributed by atoms with Gasteiger partial charge < -0.3 is 4.74 Å². The molecule has 0 saturated carbocycles. The SMILES string of the molecule is CC(=O)CC(=O)OC(Cc1ccccc1)Cc1ccccc1. The molecule has 0 aliphatic heterocycles. The van der Waals surface area contributed by atoms with Crippen LogP contribution in [0.1, 0.15) is 24.5 Å². The van der Waals surface area contributed by atoms with Crippen LogP contribution in [-0.4, -0.2) is 17.9 Å². The number of benzene rings is 2. The normalized spacial score (nSPS) is 10.5. The van der Waals surface area contributed by atoms with E-state index in [1.54, 1.807) is 0 Å². The van der Waals surface area contributed by atoms with E-state index in [-0.39, 0.29) is 18.3 Å². The standard InChI is InChI=1S/C19H20O3/c1-15(20)12-19(21)22-18(13-16-8-4-2-5-9-16)14-17-10-6-3-7-11-17/h2-11,18H,12-14H2,1H3. The minimum atomic E-state index is -0.454. The maximum atomic E-state index is 11.8. The molecule has 2 aromatic carbocycles. The molecule has 0 N–H and O–H groups in total. The average molecular weight is 296 g/mol. The third-order valence-electron chi connectivity index (χ3n) is 3.30. The molecule has 114 valence electrons. The van der Waals surface area contributed by atoms with E-state index in [9.17, 15) is 9.59 Å². The van der Waals surface area contributed by atoms with Gasteiger partial charge in [0.2, 0.25) is 0 Å². The van der Waals surface area contributed by atoms with Crippen LogP contribution in [0, 0.1) is 0 Å². The predicted molar refractivity (Wildman–Crippen MR) is 85.5 cm³/mol. The second-order valence-electron chi connectivity index (χ2n) is 5.37. The fourth-order valence-corrected chi connectivity index (χ4v) is 2.34. The van der Waals surface area contributed by atoms with E-state index >= 15 is 0 Å². The molecule has 0 heterocycles. The number of rotatable bonds is 7. The highest BCUT2D eigenvalue weighted by Gasteiger charge is 2.17. The lowest BCUT2D eigenvalue weighted by Crippen LogP contribution is -2.24. The van der Waals surface area contributed by atoms with Gasteiger partial charge in [-0.1, -0.05) is 60.7 Å². The van der Waals surface area contributed by atoms with Crippen LogP contribution in [0.5, 0.6) is 0 Å². The quantitative estimate of drug-likeness (QED) is 0.581. The largest absolute Gasteiger partial charge is 0.461 e. The van der Waals surface area contributed by atoms with Gasteiger partial charge in [-0.2, -0.15) is 0 Å². The maximum Gasteiger partial charge on any atom is 0.313 e. The van der Waals surface area contributed by atoms with E-state index in [1.807, 2.05) is 60.7 Å². The van der Waals surface area contributed by atoms with Crippen molar-refractivity contribution in [3.63, 3.8) is 0 Å². The van der Waals surface area contributed by atoms with Crippen LogP contribution in [0.2, 0.25) is 0 Å². The molecule has 2 aromatic rings. The summed E-state index contributed by atoms with van der Waals surface area (Å²) in [5.74, 6) is -0.632. The molecule has 0 saturated heterocycles. The Morgan fingerprint density at radius 3 is 1.73 bits per heavy atom. The van der Waals surface area contributed by atoms with Crippen molar-refractivity contribution in [3.05, 3.63) is 71.8 Å². The van der Waals surface area contributed by atoms with Crippen LogP contribution < -0.4 is 0 Å². The van der Waals surface area contributed by atoms with E-state index < -0.39 is 5.97 Å². The Bertz CT molecular complexity index is 564. The van der Waals surface area contributed by atoms with Gasteiger partial charge in [-0.15, -0.1) is 0 Å². The van der Waals surface area contributed by atoms with Gasteiger partial charge in [-0.25, -0.2) is 0 Å². The first-order valence-electron chi connectivity index (χ1n) is 7.40. The monoisotopic (exact) mass is 296 g/mol. The first-order chi connectivity index (χ1) is 10.6. The fraction of sp³-hybridized carbons (Fsp3) is 0.263. The summed E-state index contributed by atoms with van der Waals surface area (Å²) in [5.41, 5.74) is 2.22. The molecule has 0 aliphatic carbocycles. The number of carbonyl (C=O) groups excluding carboxylic acids is 2. The minimum absolute atomic E-state index is 0.167. The van der Waals surface area contributed by atoms with E-state index in [2.05, 4.69) is 0 Å². The Hall–Kier alpha value is -2.42. The lowest BCUT2D eigenvalue weighted by Gasteiger charge is -2.18. The number of ketones is 1. The summed E-state index contributed by atoms with van der Waals surface area (Å²) in [5, 5.41) is 0. The van der Waals surface area contributed by atoms with Crippen molar-refractivity contribution >= 4 is 11.8 Å². The van der Waals surface area contributed by atoms with E-state index in [1.165, 1.54) is 6.92 Å². The van der Waals surface area contributed by atoms with Crippen molar-refractivity contribution in [2.24, 2.45) is 0 Å². The zero-order valence-electron chi connectivity index (χ0n) is 12.7. The molecule has 22 heavy (non-hydrogen) atoms. The highest BCUT2D eigenvalue weighted by molar-refractivity contribution is 5.94. The Morgan fingerprint density at radius 1 is 0.864 bits per heavy atom. The Morgan fingerprint density at radius 2 is 1.32 bits per heavy atom. The van der Waals surface area contributed by atoms with Crippen molar-refractivity contribution in [2.45, 2.75) is 32.3 Å². The molecule has 0 unspecified atom stereocenters. The zero-order chi connectivity index (χ0) is 15.8. The van der Waals surface area contributed by atoms with Crippen molar-refractivity contribution in [2.75, 3.05) is 0 Å². The molecule has 0 radical (unpaired) electrons. The topological polar surface area (TPSA) is 43.4 Å². The summed E-state index contributed by atoms with van der Waals surface area (Å²) in [7, 11) is 0. The van der Waals surface area contributed by atoms with Gasteiger partial charge in [0.1, 0.15) is 18.3 Å². The first kappa shape index (κ1) is 16.0. The second kappa shape index (κ2) is 8.13. The number of carbonyl (C=O) groups is 2. The molecule has 0 atom stereocenters. The van der Waals surface area contributed by atoms with Crippen LogP contribution in [-0.2, 0) is 27.2 Å². The number of ether oxygens (including phenoxy) is 1. The van der Waals surface area contributed by atoms with Crippen molar-refractivity contribution in [1.82, 2.24) is 0 Å². The molecule has 2 rings (SSSR count). The van der Waals surface area contributed by atoms with Crippen molar-refractivity contribution < 1.29 is 14.3 Å². The highest BCUT2D eigenvalue weighted by atomic mass is 16.5. The van der Waals surface area contributed by atoms with Gasteiger partial charge in [0.15, 0.2) is 0 Å². The minimum Gasteiger partial charge on any atom is -0.461 e. The summed E-state index contributed by atoms with van der Waals surface area (Å²) in [6.07, 6.45) is 0.843. The maximum absolute atomic E-state index is 11.8. The van der Waals surface area contributed by atoms with Crippen LogP contribution in [0.15, 0.2) is 60.7 Å². The van der Waals surface area contributed by atoms with Gasteiger partial charge in [-0.05, 0) is 18.1 Å². The smallest absolute Gasteiger partial charge is 0.313 e. The van der Waals surface area contributed by atoms with Crippen molar-refractivity contribution in [1.29, 1.82) is 0 Å². The van der Waals surface area contributed by atoms with E-state index in [0.29, 0.717) is 12.8 Å². The summed E-state index contributed by atoms with van der Waals surface area (Å²) >= 11 is 0. The molecule has 0 aromatic heterocycles. The van der Waals surface area contributed by atoms with Crippen LogP contribution in [0.25, 0.3) is 0 Å². The van der Waals surface area contributed by atoms with Gasteiger partial charge in [0.05, 0.1) is 0 Å². The number of esters is 1. The molecule has 0 amide bonds. The molecule has 3 heteroatoms. The Balaban J connectivity index is 2.06. The summed E-state index contributed by atoms with van der Waals surface area (Å²) in [4.78, 5) is 22.9. The van der Waals surface area contributed by atoms with Gasteiger partial charge >= 0.3 is 5.97 Å². The Labute approximate surface area is 130 Å². The molecule has 0 bridgehead atoms. The third kappa shape index (κ3) is 5.52. The van der Waals surface area contributed by atoms with Gasteiger partial charge in [0, 0.05) is 12.8 Å². The highest BCUT2D eigenvalue weighted by Crippen LogP contribution is 2.13. The second-order valence-corrected chi connectivity index (χ2v) is 5.37. The lowest BCUT2D eigenvalue weighted by molar-refractivity contribution is -0.150. The average Bonchev–Trinajstić information content (AvgIpc) is 2.48. The van der Waals surface area contributed by atoms with Crippen molar-refractivity contribution in [3.8, 4) is 0 Å². The van der Waals surface area contributed by atoms with E-state index in [0.717, 1.165) is 11.1 Å². The number of hydrogen-bond acceptors (Lipinski definition) is 3. The molecular formula is C19H20O3. The van der Waals surface area contributed by atoms with Crippen LogP contribution in [0.3, 0.4) is 0 Å². The summed E-state index contributed by atoms with van der Waals surface area (Å²) < 4.78 is 5.51. The number of hydrogen-bond donors (Lipinski definition) is 0. The van der Waals surface area contributed by atoms with Gasteiger partial charge in [-0.3, -0.25) is 9.59 Å². The molecular weight excluding hydrogens is 276 g/mol. The summed E-state index contributed by atoms with van der Waals surface area (Å²) in [6, 6.07) is 19.8. The predicted octanol–water partition coefficient (Wildman–Crippen LogP) is 3.36. The zero-order valence-corrected chi connectivity index (χ0v) is 12.7. The fourth-order valence-electron chi connectivity index (χ4n) is 2.34. The Kier molecular flexibility index (Phi) is 5.90. The first-order valence-corrected chi connectivity index (χ1v) is 7.40. The molecule has 0 spiro atoms.